The van der Waals surface area contributed by atoms with Gasteiger partial charge in [-0.15, -0.1) is 0 Å². The molecule has 2 rings (SSSR count). The van der Waals surface area contributed by atoms with Crippen molar-refractivity contribution in [3.8, 4) is 0 Å². The van der Waals surface area contributed by atoms with Gasteiger partial charge in [-0.25, -0.2) is 4.79 Å². The number of nitrogens with one attached hydrogen (secondary N) is 1. The molecule has 4 heteroatoms. The van der Waals surface area contributed by atoms with E-state index in [-0.39, 0.29) is 12.1 Å². The summed E-state index contributed by atoms with van der Waals surface area (Å²) in [6.07, 6.45) is 2.03. The second-order valence-corrected chi connectivity index (χ2v) is 5.86. The maximum absolute atomic E-state index is 11.0. The predicted molar refractivity (Wildman–Crippen MR) is 92.4 cm³/mol. The molecule has 0 aliphatic rings. The highest BCUT2D eigenvalue weighted by molar-refractivity contribution is 5.64. The second-order valence-electron chi connectivity index (χ2n) is 5.86. The molecule has 2 aromatic rings. The first-order valence-corrected chi connectivity index (χ1v) is 7.96. The summed E-state index contributed by atoms with van der Waals surface area (Å²) in [6.45, 7) is 0. The molecule has 0 radical (unpaired) electrons. The number of hydrogen-bond donors (Lipinski definition) is 3. The Hall–Kier alpha value is -2.33. The number of nitrogens with two attached hydrogens (primary N) is 1. The zero-order valence-corrected chi connectivity index (χ0v) is 13.2. The lowest BCUT2D eigenvalue weighted by atomic mass is 9.96. The predicted octanol–water partition coefficient (Wildman–Crippen LogP) is 3.22. The fourth-order valence-electron chi connectivity index (χ4n) is 2.73. The van der Waals surface area contributed by atoms with Gasteiger partial charge in [-0.05, 0) is 36.8 Å². The molecule has 23 heavy (non-hydrogen) atoms. The average molecular weight is 312 g/mol. The van der Waals surface area contributed by atoms with E-state index >= 15 is 0 Å². The highest BCUT2D eigenvalue weighted by Crippen LogP contribution is 2.11. The largest absolute Gasteiger partial charge is 0.465 e. The van der Waals surface area contributed by atoms with Gasteiger partial charge in [0.15, 0.2) is 0 Å². The first-order valence-electron chi connectivity index (χ1n) is 7.96. The molecule has 2 atom stereocenters. The SMILES string of the molecule is N[C@H](CCC(Cc1ccccc1)NC(=O)O)Cc1ccccc1. The van der Waals surface area contributed by atoms with Gasteiger partial charge in [-0.2, -0.15) is 0 Å². The third-order valence-corrected chi connectivity index (χ3v) is 3.88. The number of rotatable bonds is 8. The Labute approximate surface area is 137 Å². The molecule has 2 aromatic carbocycles. The maximum atomic E-state index is 11.0. The highest BCUT2D eigenvalue weighted by Gasteiger charge is 2.14. The van der Waals surface area contributed by atoms with Gasteiger partial charge in [0.1, 0.15) is 0 Å². The minimum absolute atomic E-state index is 0.0336. The van der Waals surface area contributed by atoms with E-state index in [1.165, 1.54) is 5.56 Å². The van der Waals surface area contributed by atoms with E-state index in [9.17, 15) is 4.79 Å². The van der Waals surface area contributed by atoms with Crippen LogP contribution in [-0.4, -0.2) is 23.3 Å². The van der Waals surface area contributed by atoms with Gasteiger partial charge in [-0.3, -0.25) is 0 Å². The van der Waals surface area contributed by atoms with E-state index < -0.39 is 6.09 Å². The van der Waals surface area contributed by atoms with Crippen molar-refractivity contribution in [3.05, 3.63) is 71.8 Å². The van der Waals surface area contributed by atoms with Gasteiger partial charge in [0.25, 0.3) is 0 Å². The molecule has 4 nitrogen and oxygen atoms in total. The van der Waals surface area contributed by atoms with E-state index in [0.29, 0.717) is 6.42 Å². The number of hydrogen-bond acceptors (Lipinski definition) is 2. The van der Waals surface area contributed by atoms with Crippen LogP contribution in [0.15, 0.2) is 60.7 Å². The van der Waals surface area contributed by atoms with Crippen LogP contribution in [0.4, 0.5) is 4.79 Å². The Bertz CT molecular complexity index is 587. The summed E-state index contributed by atoms with van der Waals surface area (Å²) in [5.74, 6) is 0. The Morgan fingerprint density at radius 3 is 1.96 bits per heavy atom. The van der Waals surface area contributed by atoms with Crippen LogP contribution in [0, 0.1) is 0 Å². The van der Waals surface area contributed by atoms with Crippen LogP contribution in [0.5, 0.6) is 0 Å². The number of carbonyl (C=O) groups is 1. The van der Waals surface area contributed by atoms with Gasteiger partial charge >= 0.3 is 6.09 Å². The van der Waals surface area contributed by atoms with Crippen molar-refractivity contribution in [2.45, 2.75) is 37.8 Å². The summed E-state index contributed by atoms with van der Waals surface area (Å²) in [5.41, 5.74) is 8.54. The van der Waals surface area contributed by atoms with Crippen LogP contribution in [-0.2, 0) is 12.8 Å². The minimum atomic E-state index is -0.984. The molecule has 0 aromatic heterocycles. The summed E-state index contributed by atoms with van der Waals surface area (Å²) in [5, 5.41) is 11.6. The first-order chi connectivity index (χ1) is 11.1. The molecule has 0 saturated carbocycles. The number of amides is 1. The van der Waals surface area contributed by atoms with Gasteiger partial charge < -0.3 is 16.2 Å². The van der Waals surface area contributed by atoms with Crippen molar-refractivity contribution >= 4 is 6.09 Å². The van der Waals surface area contributed by atoms with E-state index in [1.807, 2.05) is 48.5 Å². The van der Waals surface area contributed by atoms with Crippen LogP contribution in [0.3, 0.4) is 0 Å². The molecule has 1 unspecified atom stereocenters. The molecule has 0 fully saturated rings. The van der Waals surface area contributed by atoms with Crippen molar-refractivity contribution in [2.75, 3.05) is 0 Å². The summed E-state index contributed by atoms with van der Waals surface area (Å²) in [4.78, 5) is 11.0. The Morgan fingerprint density at radius 1 is 0.913 bits per heavy atom. The quantitative estimate of drug-likeness (QED) is 0.700. The first kappa shape index (κ1) is 17.0. The molecule has 0 bridgehead atoms. The van der Waals surface area contributed by atoms with E-state index in [4.69, 9.17) is 10.8 Å². The average Bonchev–Trinajstić information content (AvgIpc) is 2.54. The summed E-state index contributed by atoms with van der Waals surface area (Å²) in [6, 6.07) is 20.0. The van der Waals surface area contributed by atoms with Crippen LogP contribution in [0.25, 0.3) is 0 Å². The molecule has 0 aliphatic heterocycles. The summed E-state index contributed by atoms with van der Waals surface area (Å²) < 4.78 is 0. The summed E-state index contributed by atoms with van der Waals surface area (Å²) in [7, 11) is 0. The molecule has 0 heterocycles. The molecular weight excluding hydrogens is 288 g/mol. The van der Waals surface area contributed by atoms with Gasteiger partial charge in [0.05, 0.1) is 0 Å². The lowest BCUT2D eigenvalue weighted by Gasteiger charge is -2.19. The highest BCUT2D eigenvalue weighted by atomic mass is 16.4. The molecule has 122 valence electrons. The van der Waals surface area contributed by atoms with E-state index in [2.05, 4.69) is 17.4 Å². The van der Waals surface area contributed by atoms with Crippen molar-refractivity contribution in [3.63, 3.8) is 0 Å². The van der Waals surface area contributed by atoms with Crippen molar-refractivity contribution in [1.29, 1.82) is 0 Å². The van der Waals surface area contributed by atoms with Crippen molar-refractivity contribution < 1.29 is 9.90 Å². The molecule has 0 aliphatic carbocycles. The third-order valence-electron chi connectivity index (χ3n) is 3.88. The number of benzene rings is 2. The monoisotopic (exact) mass is 312 g/mol. The fraction of sp³-hybridized carbons (Fsp3) is 0.316. The fourth-order valence-corrected chi connectivity index (χ4v) is 2.73. The standard InChI is InChI=1S/C19H24N2O2/c20-17(13-15-7-3-1-4-8-15)11-12-18(21-19(22)23)14-16-9-5-2-6-10-16/h1-10,17-18,21H,11-14,20H2,(H,22,23)/t17-,18?/m1/s1. The van der Waals surface area contributed by atoms with Crippen LogP contribution < -0.4 is 11.1 Å². The Kier molecular flexibility index (Phi) is 6.63. The minimum Gasteiger partial charge on any atom is -0.465 e. The zero-order valence-electron chi connectivity index (χ0n) is 13.2. The molecule has 1 amide bonds. The molecule has 0 saturated heterocycles. The summed E-state index contributed by atoms with van der Waals surface area (Å²) >= 11 is 0. The number of carboxylic acid groups (broad SMARTS) is 1. The van der Waals surface area contributed by atoms with E-state index in [1.54, 1.807) is 0 Å². The van der Waals surface area contributed by atoms with Crippen molar-refractivity contribution in [1.82, 2.24) is 5.32 Å². The lowest BCUT2D eigenvalue weighted by molar-refractivity contribution is 0.188. The van der Waals surface area contributed by atoms with E-state index in [0.717, 1.165) is 24.8 Å². The zero-order chi connectivity index (χ0) is 16.5. The Morgan fingerprint density at radius 2 is 1.43 bits per heavy atom. The van der Waals surface area contributed by atoms with Gasteiger partial charge in [0, 0.05) is 12.1 Å². The smallest absolute Gasteiger partial charge is 0.404 e. The Balaban J connectivity index is 1.86. The molecular formula is C19H24N2O2. The molecule has 4 N–H and O–H groups in total. The third kappa shape index (κ3) is 6.53. The van der Waals surface area contributed by atoms with Crippen LogP contribution in [0.2, 0.25) is 0 Å². The van der Waals surface area contributed by atoms with Crippen LogP contribution >= 0.6 is 0 Å². The lowest BCUT2D eigenvalue weighted by Crippen LogP contribution is -2.37. The topological polar surface area (TPSA) is 75.3 Å². The van der Waals surface area contributed by atoms with Gasteiger partial charge in [-0.1, -0.05) is 60.7 Å². The normalized spacial score (nSPS) is 13.3. The second kappa shape index (κ2) is 8.96. The van der Waals surface area contributed by atoms with Crippen molar-refractivity contribution in [2.24, 2.45) is 5.73 Å². The molecule has 0 spiro atoms. The maximum Gasteiger partial charge on any atom is 0.404 e. The van der Waals surface area contributed by atoms with Crippen LogP contribution in [0.1, 0.15) is 24.0 Å². The van der Waals surface area contributed by atoms with Gasteiger partial charge in [0.2, 0.25) is 0 Å².